The molecule has 27 heavy (non-hydrogen) atoms. The van der Waals surface area contributed by atoms with E-state index < -0.39 is 5.60 Å². The molecule has 4 aliphatic rings. The fraction of sp³-hybridized carbons (Fsp3) is 0.591. The summed E-state index contributed by atoms with van der Waals surface area (Å²) in [4.78, 5) is 2.42. The molecule has 1 saturated heterocycles. The molecule has 0 aromatic heterocycles. The predicted molar refractivity (Wildman–Crippen MR) is 101 cm³/mol. The van der Waals surface area contributed by atoms with Crippen LogP contribution in [0.2, 0.25) is 0 Å². The predicted octanol–water partition coefficient (Wildman–Crippen LogP) is 2.77. The molecule has 6 atom stereocenters. The van der Waals surface area contributed by atoms with Crippen molar-refractivity contribution in [2.75, 3.05) is 20.7 Å². The Balaban J connectivity index is 1.89. The van der Waals surface area contributed by atoms with Crippen molar-refractivity contribution in [3.05, 3.63) is 35.9 Å². The quantitative estimate of drug-likeness (QED) is 0.816. The van der Waals surface area contributed by atoms with Gasteiger partial charge in [0.15, 0.2) is 11.5 Å². The Kier molecular flexibility index (Phi) is 3.21. The lowest BCUT2D eigenvalue weighted by molar-refractivity contribution is -0.203. The van der Waals surface area contributed by atoms with Crippen LogP contribution in [0.25, 0.3) is 0 Å². The van der Waals surface area contributed by atoms with E-state index >= 15 is 0 Å². The van der Waals surface area contributed by atoms with Gasteiger partial charge in [-0.05, 0) is 51.4 Å². The van der Waals surface area contributed by atoms with Gasteiger partial charge in [0.05, 0.1) is 17.4 Å². The van der Waals surface area contributed by atoms with Crippen LogP contribution in [0.3, 0.4) is 0 Å². The van der Waals surface area contributed by atoms with Crippen LogP contribution in [0.4, 0.5) is 0 Å². The van der Waals surface area contributed by atoms with Crippen LogP contribution in [-0.2, 0) is 16.6 Å². The summed E-state index contributed by atoms with van der Waals surface area (Å²) in [5, 5.41) is 20.6. The summed E-state index contributed by atoms with van der Waals surface area (Å²) >= 11 is 0. The second-order valence-electron chi connectivity index (χ2n) is 8.89. The SMILES string of the molecule is C=C[C@]12C[C@@H](C#N)[C@@](C)(OC)[C@@H]3Oc4c(O)ccc5c4[C@@]31CCN(C)[C@@H]2C5. The van der Waals surface area contributed by atoms with Crippen LogP contribution in [0.1, 0.15) is 30.9 Å². The molecular formula is C22H26N2O3. The fourth-order valence-corrected chi connectivity index (χ4v) is 6.92. The van der Waals surface area contributed by atoms with E-state index in [0.29, 0.717) is 12.2 Å². The van der Waals surface area contributed by atoms with Gasteiger partial charge >= 0.3 is 0 Å². The number of hydrogen-bond acceptors (Lipinski definition) is 5. The number of ether oxygens (including phenoxy) is 2. The average Bonchev–Trinajstić information content (AvgIpc) is 3.04. The highest BCUT2D eigenvalue weighted by atomic mass is 16.6. The molecule has 2 aliphatic carbocycles. The molecule has 142 valence electrons. The smallest absolute Gasteiger partial charge is 0.165 e. The molecule has 0 amide bonds. The second kappa shape index (κ2) is 5.06. The molecule has 0 unspecified atom stereocenters. The number of rotatable bonds is 2. The molecule has 5 heteroatoms. The molecule has 2 fully saturated rings. The Labute approximate surface area is 160 Å². The van der Waals surface area contributed by atoms with Crippen LogP contribution >= 0.6 is 0 Å². The van der Waals surface area contributed by atoms with Gasteiger partial charge in [-0.1, -0.05) is 12.1 Å². The third kappa shape index (κ3) is 1.60. The molecule has 1 saturated carbocycles. The van der Waals surface area contributed by atoms with E-state index in [2.05, 4.69) is 30.7 Å². The maximum atomic E-state index is 10.6. The van der Waals surface area contributed by atoms with Crippen LogP contribution in [0.5, 0.6) is 11.5 Å². The number of hydrogen-bond donors (Lipinski definition) is 1. The van der Waals surface area contributed by atoms with Crippen LogP contribution in [0.15, 0.2) is 24.8 Å². The number of nitriles is 1. The van der Waals surface area contributed by atoms with Crippen molar-refractivity contribution in [2.24, 2.45) is 11.3 Å². The average molecular weight is 366 g/mol. The van der Waals surface area contributed by atoms with Crippen LogP contribution in [-0.4, -0.2) is 48.5 Å². The number of likely N-dealkylation sites (N-methyl/N-ethyl adjacent to an activating group) is 1. The lowest BCUT2D eigenvalue weighted by Crippen LogP contribution is -2.76. The zero-order valence-electron chi connectivity index (χ0n) is 16.2. The highest BCUT2D eigenvalue weighted by Crippen LogP contribution is 2.72. The number of phenols is 1. The Bertz CT molecular complexity index is 892. The molecular weight excluding hydrogens is 340 g/mol. The van der Waals surface area contributed by atoms with E-state index in [4.69, 9.17) is 9.47 Å². The van der Waals surface area contributed by atoms with E-state index in [9.17, 15) is 10.4 Å². The standard InChI is InChI=1S/C22H26N2O3/c1-5-21-11-14(12-23)20(2,26-4)19-22(21)8-9-24(3)16(21)10-13-6-7-15(25)18(27-19)17(13)22/h5-7,14,16,19,25H,1,8-11H2,2-4H3/t14-,16+,19-,20+,21+,22-/m0/s1. The van der Waals surface area contributed by atoms with Gasteiger partial charge in [0, 0.05) is 24.1 Å². The van der Waals surface area contributed by atoms with Crippen LogP contribution in [0, 0.1) is 22.7 Å². The highest BCUT2D eigenvalue weighted by Gasteiger charge is 2.76. The lowest BCUT2D eigenvalue weighted by Gasteiger charge is -2.67. The Hall–Kier alpha value is -2.03. The molecule has 5 nitrogen and oxygen atoms in total. The van der Waals surface area contributed by atoms with E-state index in [-0.39, 0.29) is 34.6 Å². The van der Waals surface area contributed by atoms with Gasteiger partial charge in [0.25, 0.3) is 0 Å². The Morgan fingerprint density at radius 1 is 1.48 bits per heavy atom. The molecule has 2 heterocycles. The minimum atomic E-state index is -0.748. The van der Waals surface area contributed by atoms with Crippen molar-refractivity contribution in [1.82, 2.24) is 4.90 Å². The zero-order chi connectivity index (χ0) is 19.2. The summed E-state index contributed by atoms with van der Waals surface area (Å²) in [7, 11) is 3.84. The van der Waals surface area contributed by atoms with Crippen LogP contribution < -0.4 is 4.74 Å². The fourth-order valence-electron chi connectivity index (χ4n) is 6.92. The van der Waals surface area contributed by atoms with Gasteiger partial charge in [0.2, 0.25) is 0 Å². The molecule has 2 bridgehead atoms. The largest absolute Gasteiger partial charge is 0.504 e. The van der Waals surface area contributed by atoms with E-state index in [1.54, 1.807) is 13.2 Å². The molecule has 1 aromatic carbocycles. The normalized spacial score (nSPS) is 44.1. The number of nitrogens with zero attached hydrogens (tertiary/aromatic N) is 2. The lowest BCUT2D eigenvalue weighted by atomic mass is 9.40. The van der Waals surface area contributed by atoms with Gasteiger partial charge in [-0.3, -0.25) is 0 Å². The zero-order valence-corrected chi connectivity index (χ0v) is 16.2. The van der Waals surface area contributed by atoms with Crippen molar-refractivity contribution >= 4 is 0 Å². The maximum Gasteiger partial charge on any atom is 0.165 e. The summed E-state index contributed by atoms with van der Waals surface area (Å²) in [5.41, 5.74) is 1.02. The van der Waals surface area contributed by atoms with Gasteiger partial charge in [-0.15, -0.1) is 6.58 Å². The summed E-state index contributed by atoms with van der Waals surface area (Å²) in [6, 6.07) is 6.55. The maximum absolute atomic E-state index is 10.6. The number of benzene rings is 1. The van der Waals surface area contributed by atoms with Gasteiger partial charge in [-0.25, -0.2) is 0 Å². The summed E-state index contributed by atoms with van der Waals surface area (Å²) in [6.07, 6.45) is 4.23. The Morgan fingerprint density at radius 2 is 2.26 bits per heavy atom. The molecule has 5 rings (SSSR count). The second-order valence-corrected chi connectivity index (χ2v) is 8.89. The number of methoxy groups -OCH3 is 1. The third-order valence-corrected chi connectivity index (χ3v) is 8.30. The first-order chi connectivity index (χ1) is 12.9. The summed E-state index contributed by atoms with van der Waals surface area (Å²) in [6.45, 7) is 7.22. The van der Waals surface area contributed by atoms with Crippen molar-refractivity contribution in [3.8, 4) is 17.6 Å². The van der Waals surface area contributed by atoms with E-state index in [1.165, 1.54) is 5.56 Å². The molecule has 0 radical (unpaired) electrons. The van der Waals surface area contributed by atoms with Crippen molar-refractivity contribution in [2.45, 2.75) is 49.3 Å². The molecule has 2 aliphatic heterocycles. The summed E-state index contributed by atoms with van der Waals surface area (Å²) < 4.78 is 12.5. The van der Waals surface area contributed by atoms with Gasteiger partial charge in [-0.2, -0.15) is 5.26 Å². The van der Waals surface area contributed by atoms with E-state index in [0.717, 1.165) is 24.9 Å². The van der Waals surface area contributed by atoms with Crippen molar-refractivity contribution in [1.29, 1.82) is 5.26 Å². The number of likely N-dealkylation sites (tertiary alicyclic amines) is 1. The topological polar surface area (TPSA) is 65.7 Å². The van der Waals surface area contributed by atoms with Gasteiger partial charge < -0.3 is 19.5 Å². The summed E-state index contributed by atoms with van der Waals surface area (Å²) in [5.74, 6) is 0.457. The minimum absolute atomic E-state index is 0.180. The molecule has 1 aromatic rings. The van der Waals surface area contributed by atoms with Crippen molar-refractivity contribution in [3.63, 3.8) is 0 Å². The highest BCUT2D eigenvalue weighted by molar-refractivity contribution is 5.63. The molecule has 1 N–H and O–H groups in total. The first-order valence-corrected chi connectivity index (χ1v) is 9.70. The molecule has 1 spiro atoms. The first-order valence-electron chi connectivity index (χ1n) is 9.70. The van der Waals surface area contributed by atoms with Gasteiger partial charge in [0.1, 0.15) is 11.7 Å². The Morgan fingerprint density at radius 3 is 2.93 bits per heavy atom. The monoisotopic (exact) mass is 366 g/mol. The number of phenolic OH excluding ortho intramolecular Hbond substituents is 1. The number of piperidine rings is 1. The first kappa shape index (κ1) is 17.1. The number of aromatic hydroxyl groups is 1. The van der Waals surface area contributed by atoms with Crippen molar-refractivity contribution < 1.29 is 14.6 Å². The third-order valence-electron chi connectivity index (χ3n) is 8.30. The minimum Gasteiger partial charge on any atom is -0.504 e. The van der Waals surface area contributed by atoms with E-state index in [1.807, 2.05) is 13.0 Å².